The summed E-state index contributed by atoms with van der Waals surface area (Å²) in [5.74, 6) is 0.543. The van der Waals surface area contributed by atoms with Crippen molar-refractivity contribution >= 4 is 5.90 Å². The van der Waals surface area contributed by atoms with Crippen molar-refractivity contribution in [1.29, 1.82) is 0 Å². The Hall–Kier alpha value is -1.77. The minimum atomic E-state index is 0.0838. The molecule has 3 nitrogen and oxygen atoms in total. The second kappa shape index (κ2) is 5.07. The van der Waals surface area contributed by atoms with Crippen molar-refractivity contribution in [3.63, 3.8) is 0 Å². The standard InChI is InChI=1S/C11H13NO2/c1-3-5-9(10(13)6-4-2)11-12-7-8-14-11/h3-6,13H,1-2,7-8H2/b9-5+,10-6+. The lowest BCUT2D eigenvalue weighted by atomic mass is 10.2. The zero-order valence-corrected chi connectivity index (χ0v) is 7.94. The lowest BCUT2D eigenvalue weighted by molar-refractivity contribution is 0.342. The molecule has 0 fully saturated rings. The number of aliphatic hydroxyl groups excluding tert-OH is 1. The Kier molecular flexibility index (Phi) is 3.73. The predicted octanol–water partition coefficient (Wildman–Crippen LogP) is 2.16. The molecular weight excluding hydrogens is 178 g/mol. The van der Waals surface area contributed by atoms with Gasteiger partial charge in [-0.25, -0.2) is 4.99 Å². The Bertz CT molecular complexity index is 320. The van der Waals surface area contributed by atoms with Gasteiger partial charge in [0.2, 0.25) is 5.90 Å². The first-order valence-corrected chi connectivity index (χ1v) is 4.32. The molecule has 0 unspecified atom stereocenters. The van der Waals surface area contributed by atoms with Gasteiger partial charge in [0, 0.05) is 0 Å². The Morgan fingerprint density at radius 3 is 2.57 bits per heavy atom. The number of aliphatic hydroxyl groups is 1. The van der Waals surface area contributed by atoms with Crippen LogP contribution in [0.2, 0.25) is 0 Å². The van der Waals surface area contributed by atoms with Crippen LogP contribution in [0, 0.1) is 0 Å². The number of allylic oxidation sites excluding steroid dienone is 4. The minimum Gasteiger partial charge on any atom is -0.507 e. The van der Waals surface area contributed by atoms with E-state index in [4.69, 9.17) is 4.74 Å². The van der Waals surface area contributed by atoms with Crippen LogP contribution < -0.4 is 0 Å². The maximum absolute atomic E-state index is 9.61. The summed E-state index contributed by atoms with van der Waals surface area (Å²) in [5, 5.41) is 9.61. The molecule has 1 aliphatic heterocycles. The molecule has 0 radical (unpaired) electrons. The molecule has 0 bridgehead atoms. The van der Waals surface area contributed by atoms with Gasteiger partial charge in [-0.3, -0.25) is 0 Å². The first kappa shape index (κ1) is 10.3. The highest BCUT2D eigenvalue weighted by molar-refractivity contribution is 5.98. The molecule has 0 atom stereocenters. The normalized spacial score (nSPS) is 17.3. The molecule has 74 valence electrons. The second-order valence-electron chi connectivity index (χ2n) is 2.64. The van der Waals surface area contributed by atoms with Gasteiger partial charge in [0.05, 0.1) is 12.1 Å². The largest absolute Gasteiger partial charge is 0.507 e. The molecule has 3 heteroatoms. The average molecular weight is 191 g/mol. The van der Waals surface area contributed by atoms with Crippen molar-refractivity contribution in [2.45, 2.75) is 0 Å². The van der Waals surface area contributed by atoms with E-state index < -0.39 is 0 Å². The predicted molar refractivity (Wildman–Crippen MR) is 57.4 cm³/mol. The summed E-state index contributed by atoms with van der Waals surface area (Å²) >= 11 is 0. The van der Waals surface area contributed by atoms with Gasteiger partial charge in [0.25, 0.3) is 0 Å². The third-order valence-electron chi connectivity index (χ3n) is 1.65. The summed E-state index contributed by atoms with van der Waals surface area (Å²) in [6.45, 7) is 8.25. The summed E-state index contributed by atoms with van der Waals surface area (Å²) in [6.07, 6.45) is 6.22. The van der Waals surface area contributed by atoms with Crippen LogP contribution in [0.25, 0.3) is 0 Å². The highest BCUT2D eigenvalue weighted by atomic mass is 16.5. The Labute approximate surface area is 83.4 Å². The van der Waals surface area contributed by atoms with E-state index >= 15 is 0 Å². The van der Waals surface area contributed by atoms with Gasteiger partial charge in [0.1, 0.15) is 12.4 Å². The maximum Gasteiger partial charge on any atom is 0.220 e. The van der Waals surface area contributed by atoms with Crippen LogP contribution in [0.3, 0.4) is 0 Å². The van der Waals surface area contributed by atoms with E-state index in [0.29, 0.717) is 24.6 Å². The molecule has 1 rings (SSSR count). The van der Waals surface area contributed by atoms with Gasteiger partial charge in [-0.15, -0.1) is 0 Å². The highest BCUT2D eigenvalue weighted by Gasteiger charge is 2.15. The number of rotatable bonds is 4. The average Bonchev–Trinajstić information content (AvgIpc) is 2.67. The molecule has 1 N–H and O–H groups in total. The van der Waals surface area contributed by atoms with Gasteiger partial charge in [-0.05, 0) is 12.2 Å². The van der Waals surface area contributed by atoms with Crippen LogP contribution in [0.1, 0.15) is 0 Å². The fraction of sp³-hybridized carbons (Fsp3) is 0.182. The minimum absolute atomic E-state index is 0.0838. The smallest absolute Gasteiger partial charge is 0.220 e. The number of aliphatic imine (C=N–C) groups is 1. The van der Waals surface area contributed by atoms with Crippen LogP contribution in [0.15, 0.2) is 53.8 Å². The Morgan fingerprint density at radius 2 is 2.07 bits per heavy atom. The summed E-state index contributed by atoms with van der Waals surface area (Å²) in [5.41, 5.74) is 0.539. The van der Waals surface area contributed by atoms with Gasteiger partial charge in [0.15, 0.2) is 0 Å². The molecule has 1 heterocycles. The number of hydrogen-bond acceptors (Lipinski definition) is 3. The maximum atomic E-state index is 9.61. The summed E-state index contributed by atoms with van der Waals surface area (Å²) in [7, 11) is 0. The molecule has 0 amide bonds. The SMILES string of the molecule is C=C/C=C(O)\C(=C/C=C)C1=NCCO1. The van der Waals surface area contributed by atoms with Crippen LogP contribution in [-0.4, -0.2) is 24.2 Å². The van der Waals surface area contributed by atoms with Crippen molar-refractivity contribution in [2.24, 2.45) is 4.99 Å². The molecule has 14 heavy (non-hydrogen) atoms. The molecule has 0 aromatic carbocycles. The van der Waals surface area contributed by atoms with Gasteiger partial charge in [-0.2, -0.15) is 0 Å². The summed E-state index contributed by atoms with van der Waals surface area (Å²) in [4.78, 5) is 4.10. The monoisotopic (exact) mass is 191 g/mol. The number of ether oxygens (including phenoxy) is 1. The lowest BCUT2D eigenvalue weighted by Crippen LogP contribution is -2.05. The van der Waals surface area contributed by atoms with Crippen molar-refractivity contribution < 1.29 is 9.84 Å². The molecule has 0 aromatic heterocycles. The molecule has 1 aliphatic rings. The summed E-state index contributed by atoms with van der Waals surface area (Å²) < 4.78 is 5.23. The number of hydrogen-bond donors (Lipinski definition) is 1. The van der Waals surface area contributed by atoms with E-state index in [9.17, 15) is 5.11 Å². The lowest BCUT2D eigenvalue weighted by Gasteiger charge is -2.04. The Morgan fingerprint density at radius 1 is 1.36 bits per heavy atom. The molecular formula is C11H13NO2. The van der Waals surface area contributed by atoms with E-state index in [1.54, 1.807) is 12.2 Å². The third-order valence-corrected chi connectivity index (χ3v) is 1.65. The third kappa shape index (κ3) is 2.36. The van der Waals surface area contributed by atoms with E-state index in [0.717, 1.165) is 0 Å². The van der Waals surface area contributed by atoms with Crippen molar-refractivity contribution in [3.05, 3.63) is 48.8 Å². The molecule has 0 aromatic rings. The first-order valence-electron chi connectivity index (χ1n) is 4.32. The second-order valence-corrected chi connectivity index (χ2v) is 2.64. The zero-order valence-electron chi connectivity index (χ0n) is 7.94. The van der Waals surface area contributed by atoms with E-state index in [2.05, 4.69) is 18.2 Å². The molecule has 0 saturated carbocycles. The fourth-order valence-corrected chi connectivity index (χ4v) is 1.08. The van der Waals surface area contributed by atoms with Crippen molar-refractivity contribution in [1.82, 2.24) is 0 Å². The number of nitrogens with zero attached hydrogens (tertiary/aromatic N) is 1. The van der Waals surface area contributed by atoms with Crippen LogP contribution in [0.4, 0.5) is 0 Å². The fourth-order valence-electron chi connectivity index (χ4n) is 1.08. The van der Waals surface area contributed by atoms with Crippen LogP contribution in [-0.2, 0) is 4.74 Å². The van der Waals surface area contributed by atoms with Crippen molar-refractivity contribution in [2.75, 3.05) is 13.2 Å². The summed E-state index contributed by atoms with van der Waals surface area (Å²) in [6, 6.07) is 0. The van der Waals surface area contributed by atoms with E-state index in [1.165, 1.54) is 12.2 Å². The Balaban J connectivity index is 2.95. The van der Waals surface area contributed by atoms with Gasteiger partial charge >= 0.3 is 0 Å². The zero-order chi connectivity index (χ0) is 10.4. The topological polar surface area (TPSA) is 41.8 Å². The van der Waals surface area contributed by atoms with Crippen molar-refractivity contribution in [3.8, 4) is 0 Å². The molecule has 0 spiro atoms. The first-order chi connectivity index (χ1) is 6.79. The highest BCUT2D eigenvalue weighted by Crippen LogP contribution is 2.13. The molecule has 0 saturated heterocycles. The van der Waals surface area contributed by atoms with E-state index in [-0.39, 0.29) is 5.76 Å². The van der Waals surface area contributed by atoms with Crippen LogP contribution >= 0.6 is 0 Å². The van der Waals surface area contributed by atoms with Gasteiger partial charge in [-0.1, -0.05) is 25.3 Å². The quantitative estimate of drug-likeness (QED) is 0.546. The van der Waals surface area contributed by atoms with Gasteiger partial charge < -0.3 is 9.84 Å². The van der Waals surface area contributed by atoms with E-state index in [1.807, 2.05) is 0 Å². The molecule has 0 aliphatic carbocycles. The van der Waals surface area contributed by atoms with Crippen LogP contribution in [0.5, 0.6) is 0 Å².